The lowest BCUT2D eigenvalue weighted by atomic mass is 9.94. The summed E-state index contributed by atoms with van der Waals surface area (Å²) in [4.78, 5) is 63.6. The van der Waals surface area contributed by atoms with Crippen LogP contribution in [0, 0.1) is 13.8 Å². The van der Waals surface area contributed by atoms with Gasteiger partial charge < -0.3 is 10.1 Å². The lowest BCUT2D eigenvalue weighted by molar-refractivity contribution is -0.123. The number of benzene rings is 2. The van der Waals surface area contributed by atoms with Gasteiger partial charge in [0, 0.05) is 11.7 Å². The Morgan fingerprint density at radius 2 is 1.69 bits per heavy atom. The van der Waals surface area contributed by atoms with E-state index in [2.05, 4.69) is 10.6 Å². The molecule has 35 heavy (non-hydrogen) atoms. The van der Waals surface area contributed by atoms with E-state index in [-0.39, 0.29) is 28.6 Å². The summed E-state index contributed by atoms with van der Waals surface area (Å²) in [5, 5.41) is 4.69. The predicted molar refractivity (Wildman–Crippen MR) is 127 cm³/mol. The number of rotatable bonds is 5. The van der Waals surface area contributed by atoms with E-state index >= 15 is 0 Å². The molecule has 2 aromatic rings. The van der Waals surface area contributed by atoms with Crippen LogP contribution in [0.3, 0.4) is 0 Å². The van der Waals surface area contributed by atoms with E-state index in [0.29, 0.717) is 5.69 Å². The van der Waals surface area contributed by atoms with Crippen LogP contribution in [-0.2, 0) is 9.53 Å². The first-order valence-corrected chi connectivity index (χ1v) is 11.6. The van der Waals surface area contributed by atoms with E-state index in [9.17, 15) is 24.0 Å². The zero-order valence-electron chi connectivity index (χ0n) is 19.7. The van der Waals surface area contributed by atoms with Gasteiger partial charge in [-0.05, 0) is 62.1 Å². The maximum atomic E-state index is 12.9. The highest BCUT2D eigenvalue weighted by Gasteiger charge is 2.40. The molecule has 1 fully saturated rings. The van der Waals surface area contributed by atoms with Gasteiger partial charge in [0.15, 0.2) is 6.61 Å². The van der Waals surface area contributed by atoms with Crippen LogP contribution < -0.4 is 10.6 Å². The molecule has 1 aliphatic carbocycles. The second-order valence-electron chi connectivity index (χ2n) is 8.86. The molecule has 0 unspecified atom stereocenters. The lowest BCUT2D eigenvalue weighted by Crippen LogP contribution is -2.40. The molecular formula is C26H27N3O6. The molecule has 9 nitrogen and oxygen atoms in total. The van der Waals surface area contributed by atoms with Gasteiger partial charge in [-0.25, -0.2) is 9.59 Å². The quantitative estimate of drug-likeness (QED) is 0.500. The fourth-order valence-electron chi connectivity index (χ4n) is 4.47. The summed E-state index contributed by atoms with van der Waals surface area (Å²) in [6.45, 7) is 3.06. The number of anilines is 1. The molecule has 0 radical (unpaired) electrons. The fraction of sp³-hybridized carbons (Fsp3) is 0.346. The third-order valence-electron chi connectivity index (χ3n) is 6.53. The maximum Gasteiger partial charge on any atom is 0.338 e. The number of hydrogen-bond acceptors (Lipinski definition) is 6. The summed E-state index contributed by atoms with van der Waals surface area (Å²) in [7, 11) is 0. The van der Waals surface area contributed by atoms with E-state index in [0.717, 1.165) is 43.2 Å². The van der Waals surface area contributed by atoms with Crippen molar-refractivity contribution in [3.05, 3.63) is 64.2 Å². The molecule has 2 aromatic carbocycles. The molecule has 1 heterocycles. The Labute approximate surface area is 202 Å². The van der Waals surface area contributed by atoms with E-state index in [1.807, 2.05) is 19.9 Å². The SMILES string of the molecule is Cc1cccc(NC(=O)NC(=O)COC(=O)c2ccc3c(c2)C(=O)N(C2CCCCC2)C3=O)c1C. The number of amides is 5. The molecular weight excluding hydrogens is 450 g/mol. The average Bonchev–Trinajstić information content (AvgIpc) is 3.10. The predicted octanol–water partition coefficient (Wildman–Crippen LogP) is 3.74. The fourth-order valence-corrected chi connectivity index (χ4v) is 4.47. The summed E-state index contributed by atoms with van der Waals surface area (Å²) in [6.07, 6.45) is 4.61. The van der Waals surface area contributed by atoms with E-state index in [1.165, 1.54) is 23.1 Å². The molecule has 1 aliphatic heterocycles. The number of carbonyl (C=O) groups is 5. The van der Waals surface area contributed by atoms with Crippen molar-refractivity contribution < 1.29 is 28.7 Å². The number of urea groups is 1. The Hall–Kier alpha value is -4.01. The van der Waals surface area contributed by atoms with E-state index in [4.69, 9.17) is 4.74 Å². The van der Waals surface area contributed by atoms with Gasteiger partial charge in [0.1, 0.15) is 0 Å². The monoisotopic (exact) mass is 477 g/mol. The van der Waals surface area contributed by atoms with Crippen LogP contribution >= 0.6 is 0 Å². The minimum absolute atomic E-state index is 0.0445. The summed E-state index contributed by atoms with van der Waals surface area (Å²) >= 11 is 0. The molecule has 2 N–H and O–H groups in total. The van der Waals surface area contributed by atoms with Crippen LogP contribution in [0.15, 0.2) is 36.4 Å². The van der Waals surface area contributed by atoms with Gasteiger partial charge in [0.25, 0.3) is 17.7 Å². The number of ether oxygens (including phenoxy) is 1. The third-order valence-corrected chi connectivity index (χ3v) is 6.53. The van der Waals surface area contributed by atoms with Crippen LogP contribution in [0.5, 0.6) is 0 Å². The maximum absolute atomic E-state index is 12.9. The molecule has 182 valence electrons. The Balaban J connectivity index is 1.34. The smallest absolute Gasteiger partial charge is 0.338 e. The van der Waals surface area contributed by atoms with Crippen LogP contribution in [0.4, 0.5) is 10.5 Å². The minimum Gasteiger partial charge on any atom is -0.452 e. The number of nitrogens with one attached hydrogen (secondary N) is 2. The lowest BCUT2D eigenvalue weighted by Gasteiger charge is -2.29. The van der Waals surface area contributed by atoms with Crippen molar-refractivity contribution in [2.75, 3.05) is 11.9 Å². The van der Waals surface area contributed by atoms with Gasteiger partial charge in [-0.15, -0.1) is 0 Å². The number of nitrogens with zero attached hydrogens (tertiary/aromatic N) is 1. The van der Waals surface area contributed by atoms with Crippen molar-refractivity contribution in [3.63, 3.8) is 0 Å². The molecule has 1 saturated carbocycles. The summed E-state index contributed by atoms with van der Waals surface area (Å²) < 4.78 is 5.01. The van der Waals surface area contributed by atoms with Gasteiger partial charge in [-0.2, -0.15) is 0 Å². The van der Waals surface area contributed by atoms with Crippen LogP contribution in [0.2, 0.25) is 0 Å². The van der Waals surface area contributed by atoms with Crippen molar-refractivity contribution in [2.45, 2.75) is 52.0 Å². The summed E-state index contributed by atoms with van der Waals surface area (Å²) in [5.41, 5.74) is 2.88. The zero-order chi connectivity index (χ0) is 25.1. The molecule has 0 aromatic heterocycles. The Bertz CT molecular complexity index is 1220. The summed E-state index contributed by atoms with van der Waals surface area (Å²) in [6, 6.07) is 8.68. The normalized spacial score (nSPS) is 15.5. The van der Waals surface area contributed by atoms with Crippen LogP contribution in [-0.4, -0.2) is 47.3 Å². The van der Waals surface area contributed by atoms with Gasteiger partial charge in [-0.3, -0.25) is 24.6 Å². The molecule has 4 rings (SSSR count). The Kier molecular flexibility index (Phi) is 6.95. The van der Waals surface area contributed by atoms with Gasteiger partial charge in [0.2, 0.25) is 0 Å². The highest BCUT2D eigenvalue weighted by molar-refractivity contribution is 6.22. The standard InChI is InChI=1S/C26H27N3O6/c1-15-7-6-10-21(16(15)2)27-26(34)28-22(30)14-35-25(33)17-11-12-19-20(13-17)24(32)29(23(19)31)18-8-4-3-5-9-18/h6-7,10-13,18H,3-5,8-9,14H2,1-2H3,(H2,27,28,30,34). The van der Waals surface area contributed by atoms with E-state index in [1.54, 1.807) is 12.1 Å². The first-order chi connectivity index (χ1) is 16.8. The molecule has 0 atom stereocenters. The first-order valence-electron chi connectivity index (χ1n) is 11.6. The van der Waals surface area contributed by atoms with Crippen molar-refractivity contribution in [2.24, 2.45) is 0 Å². The van der Waals surface area contributed by atoms with Crippen molar-refractivity contribution in [3.8, 4) is 0 Å². The Morgan fingerprint density at radius 1 is 0.971 bits per heavy atom. The average molecular weight is 478 g/mol. The number of carbonyl (C=O) groups excluding carboxylic acids is 5. The number of fused-ring (bicyclic) bond motifs is 1. The number of hydrogen-bond donors (Lipinski definition) is 2. The van der Waals surface area contributed by atoms with Gasteiger partial charge in [0.05, 0.1) is 16.7 Å². The molecule has 2 aliphatic rings. The topological polar surface area (TPSA) is 122 Å². The molecule has 0 saturated heterocycles. The molecule has 0 spiro atoms. The number of aryl methyl sites for hydroxylation is 1. The second-order valence-corrected chi connectivity index (χ2v) is 8.86. The molecule has 9 heteroatoms. The minimum atomic E-state index is -0.839. The van der Waals surface area contributed by atoms with Crippen LogP contribution in [0.25, 0.3) is 0 Å². The largest absolute Gasteiger partial charge is 0.452 e. The van der Waals surface area contributed by atoms with E-state index < -0.39 is 30.4 Å². The highest BCUT2D eigenvalue weighted by atomic mass is 16.5. The van der Waals surface area contributed by atoms with Crippen molar-refractivity contribution >= 4 is 35.4 Å². The summed E-state index contributed by atoms with van der Waals surface area (Å²) in [5.74, 6) is -2.40. The first kappa shape index (κ1) is 24.1. The van der Waals surface area contributed by atoms with Gasteiger partial charge >= 0.3 is 12.0 Å². The zero-order valence-corrected chi connectivity index (χ0v) is 19.7. The van der Waals surface area contributed by atoms with Crippen molar-refractivity contribution in [1.29, 1.82) is 0 Å². The third kappa shape index (κ3) is 5.08. The second kappa shape index (κ2) is 10.1. The highest BCUT2D eigenvalue weighted by Crippen LogP contribution is 2.31. The van der Waals surface area contributed by atoms with Crippen LogP contribution in [0.1, 0.15) is 74.3 Å². The Morgan fingerprint density at radius 3 is 2.43 bits per heavy atom. The van der Waals surface area contributed by atoms with Crippen molar-refractivity contribution in [1.82, 2.24) is 10.2 Å². The van der Waals surface area contributed by atoms with Gasteiger partial charge in [-0.1, -0.05) is 31.4 Å². The molecule has 5 amide bonds. The number of esters is 1. The molecule has 0 bridgehead atoms. The number of imide groups is 2.